The summed E-state index contributed by atoms with van der Waals surface area (Å²) in [7, 11) is -0.629. The van der Waals surface area contributed by atoms with Crippen LogP contribution in [-0.4, -0.2) is 45.3 Å². The largest absolute Gasteiger partial charge is 0.598 e. The van der Waals surface area contributed by atoms with Crippen molar-refractivity contribution in [1.29, 1.82) is 0 Å². The molecule has 0 aromatic heterocycles. The van der Waals surface area contributed by atoms with Crippen LogP contribution in [0.25, 0.3) is 0 Å². The first-order chi connectivity index (χ1) is 14.0. The number of carbonyl (C=O) groups is 1. The number of nitrogens with one attached hydrogen (secondary N) is 1. The lowest BCUT2D eigenvalue weighted by Crippen LogP contribution is -2.53. The average molecular weight is 451 g/mol. The van der Waals surface area contributed by atoms with Crippen LogP contribution in [0.15, 0.2) is 18.2 Å². The van der Waals surface area contributed by atoms with Gasteiger partial charge in [0.1, 0.15) is 16.1 Å². The maximum absolute atomic E-state index is 13.0. The molecule has 1 aromatic rings. The Morgan fingerprint density at radius 2 is 1.65 bits per heavy atom. The number of carbonyl (C=O) groups excluding carboxylic acids is 1. The molecule has 0 saturated carbocycles. The molecule has 2 atom stereocenters. The van der Waals surface area contributed by atoms with Crippen molar-refractivity contribution < 1.29 is 28.1 Å². The van der Waals surface area contributed by atoms with Crippen molar-refractivity contribution >= 4 is 24.4 Å². The van der Waals surface area contributed by atoms with Gasteiger partial charge >= 0.3 is 13.1 Å². The lowest BCUT2D eigenvalue weighted by atomic mass is 9.75. The molecule has 1 fully saturated rings. The normalized spacial score (nSPS) is 23.5. The molecule has 1 unspecified atom stereocenters. The third kappa shape index (κ3) is 5.06. The van der Waals surface area contributed by atoms with Crippen molar-refractivity contribution in [1.82, 2.24) is 4.72 Å². The SMILES string of the molecule is CC1(C)OC(=O)c2cccc(C[C@H](N[S+]([O-])C(C)(C)C)B3OC(C)(C)C(C)(C)O3)c2O1. The van der Waals surface area contributed by atoms with E-state index in [2.05, 4.69) is 4.72 Å². The highest BCUT2D eigenvalue weighted by molar-refractivity contribution is 7.90. The summed E-state index contributed by atoms with van der Waals surface area (Å²) in [6.45, 7) is 17.0. The highest BCUT2D eigenvalue weighted by Crippen LogP contribution is 2.40. The first kappa shape index (κ1) is 24.4. The Hall–Kier alpha value is -1.26. The van der Waals surface area contributed by atoms with Crippen molar-refractivity contribution in [2.24, 2.45) is 0 Å². The number of cyclic esters (lactones) is 1. The van der Waals surface area contributed by atoms with Crippen LogP contribution in [-0.2, 0) is 31.8 Å². The second kappa shape index (κ2) is 7.95. The molecule has 9 heteroatoms. The van der Waals surface area contributed by atoms with E-state index in [4.69, 9.17) is 18.8 Å². The second-order valence-electron chi connectivity index (χ2n) is 10.6. The molecule has 0 bridgehead atoms. The van der Waals surface area contributed by atoms with E-state index in [0.29, 0.717) is 17.7 Å². The maximum Gasteiger partial charge on any atom is 0.481 e. The van der Waals surface area contributed by atoms with Crippen LogP contribution >= 0.6 is 0 Å². The number of hydrogen-bond donors (Lipinski definition) is 1. The summed E-state index contributed by atoms with van der Waals surface area (Å²) in [5, 5.41) is 0. The summed E-state index contributed by atoms with van der Waals surface area (Å²) in [4.78, 5) is 12.5. The maximum atomic E-state index is 13.0. The first-order valence-electron chi connectivity index (χ1n) is 10.6. The molecule has 2 aliphatic rings. The molecule has 0 amide bonds. The minimum absolute atomic E-state index is 0.376. The van der Waals surface area contributed by atoms with Crippen molar-refractivity contribution in [3.8, 4) is 5.75 Å². The molecule has 1 saturated heterocycles. The van der Waals surface area contributed by atoms with E-state index in [9.17, 15) is 9.35 Å². The summed E-state index contributed by atoms with van der Waals surface area (Å²) in [5.41, 5.74) is 0.111. The van der Waals surface area contributed by atoms with Gasteiger partial charge in [-0.05, 0) is 66.5 Å². The molecule has 3 rings (SSSR count). The van der Waals surface area contributed by atoms with Crippen molar-refractivity contribution in [3.63, 3.8) is 0 Å². The van der Waals surface area contributed by atoms with Gasteiger partial charge in [0.05, 0.1) is 17.1 Å². The average Bonchev–Trinajstić information content (AvgIpc) is 2.80. The van der Waals surface area contributed by atoms with Gasteiger partial charge in [-0.25, -0.2) is 4.79 Å². The van der Waals surface area contributed by atoms with Crippen molar-refractivity contribution in [2.45, 2.75) is 96.4 Å². The molecule has 1 N–H and O–H groups in total. The van der Waals surface area contributed by atoms with Crippen LogP contribution in [0, 0.1) is 0 Å². The number of esters is 1. The summed E-state index contributed by atoms with van der Waals surface area (Å²) >= 11 is -1.35. The molecule has 1 aromatic carbocycles. The lowest BCUT2D eigenvalue weighted by molar-refractivity contribution is -0.127. The van der Waals surface area contributed by atoms with E-state index >= 15 is 0 Å². The van der Waals surface area contributed by atoms with Crippen LogP contribution in [0.1, 0.15) is 78.2 Å². The third-order valence-corrected chi connectivity index (χ3v) is 7.49. The zero-order valence-corrected chi connectivity index (χ0v) is 20.8. The summed E-state index contributed by atoms with van der Waals surface area (Å²) in [5.74, 6) is -1.45. The number of benzene rings is 1. The number of fused-ring (bicyclic) bond motifs is 1. The summed E-state index contributed by atoms with van der Waals surface area (Å²) in [6.07, 6.45) is 0.394. The molecule has 0 aliphatic carbocycles. The Morgan fingerprint density at radius 1 is 1.06 bits per heavy atom. The van der Waals surface area contributed by atoms with Crippen LogP contribution in [0.5, 0.6) is 5.75 Å². The zero-order valence-electron chi connectivity index (χ0n) is 20.0. The van der Waals surface area contributed by atoms with E-state index in [1.807, 2.05) is 54.5 Å². The van der Waals surface area contributed by atoms with Gasteiger partial charge in [0, 0.05) is 25.2 Å². The monoisotopic (exact) mass is 451 g/mol. The fourth-order valence-corrected chi connectivity index (χ4v) is 4.19. The fraction of sp³-hybridized carbons (Fsp3) is 0.682. The van der Waals surface area contributed by atoms with Gasteiger partial charge in [-0.1, -0.05) is 12.1 Å². The third-order valence-electron chi connectivity index (χ3n) is 5.86. The van der Waals surface area contributed by atoms with Crippen molar-refractivity contribution in [3.05, 3.63) is 29.3 Å². The molecule has 7 nitrogen and oxygen atoms in total. The van der Waals surface area contributed by atoms with Gasteiger partial charge in [-0.3, -0.25) is 0 Å². The van der Waals surface area contributed by atoms with Crippen molar-refractivity contribution in [2.75, 3.05) is 0 Å². The number of rotatable bonds is 5. The van der Waals surface area contributed by atoms with E-state index in [1.54, 1.807) is 26.0 Å². The van der Waals surface area contributed by atoms with Gasteiger partial charge in [0.15, 0.2) is 0 Å². The second-order valence-corrected chi connectivity index (χ2v) is 12.6. The van der Waals surface area contributed by atoms with E-state index in [1.165, 1.54) is 0 Å². The minimum atomic E-state index is -1.35. The van der Waals surface area contributed by atoms with Crippen LogP contribution in [0.2, 0.25) is 0 Å². The highest BCUT2D eigenvalue weighted by atomic mass is 32.2. The number of para-hydroxylation sites is 1. The minimum Gasteiger partial charge on any atom is -0.598 e. The predicted molar refractivity (Wildman–Crippen MR) is 121 cm³/mol. The van der Waals surface area contributed by atoms with Gasteiger partial charge in [-0.2, -0.15) is 0 Å². The Morgan fingerprint density at radius 3 is 2.19 bits per heavy atom. The quantitative estimate of drug-likeness (QED) is 0.416. The molecule has 31 heavy (non-hydrogen) atoms. The Balaban J connectivity index is 1.95. The van der Waals surface area contributed by atoms with Crippen LogP contribution in [0.3, 0.4) is 0 Å². The Labute approximate surface area is 189 Å². The zero-order chi connectivity index (χ0) is 23.4. The van der Waals surface area contributed by atoms with Gasteiger partial charge in [0.2, 0.25) is 5.79 Å². The summed E-state index contributed by atoms with van der Waals surface area (Å²) < 4.78 is 39.6. The number of ether oxygens (including phenoxy) is 2. The Bertz CT molecular complexity index is 835. The Kier molecular flexibility index (Phi) is 6.26. The number of hydrogen-bond acceptors (Lipinski definition) is 7. The molecule has 0 spiro atoms. The van der Waals surface area contributed by atoms with E-state index in [0.717, 1.165) is 5.56 Å². The lowest BCUT2D eigenvalue weighted by Gasteiger charge is -2.34. The molecular formula is C22H34BNO6S. The fourth-order valence-electron chi connectivity index (χ4n) is 3.37. The van der Waals surface area contributed by atoms with Crippen LogP contribution < -0.4 is 9.46 Å². The predicted octanol–water partition coefficient (Wildman–Crippen LogP) is 3.57. The smallest absolute Gasteiger partial charge is 0.481 e. The molecule has 0 radical (unpaired) electrons. The highest BCUT2D eigenvalue weighted by Gasteiger charge is 2.55. The standard InChI is InChI=1S/C22H34BNO6S/c1-19(2,3)31(26)24-16(23-29-20(4,5)21(6,7)30-23)13-14-11-10-12-15-17(14)27-22(8,9)28-18(15)25/h10-12,16,24H,13H2,1-9H3/t16-,31?/m0/s1. The van der Waals surface area contributed by atoms with Crippen LogP contribution in [0.4, 0.5) is 0 Å². The topological polar surface area (TPSA) is 89.1 Å². The molecule has 2 aliphatic heterocycles. The van der Waals surface area contributed by atoms with E-state index in [-0.39, 0.29) is 0 Å². The summed E-state index contributed by atoms with van der Waals surface area (Å²) in [6, 6.07) is 5.37. The van der Waals surface area contributed by atoms with Gasteiger partial charge in [-0.15, -0.1) is 4.72 Å². The van der Waals surface area contributed by atoms with Gasteiger partial charge < -0.3 is 23.3 Å². The van der Waals surface area contributed by atoms with Gasteiger partial charge in [0.25, 0.3) is 0 Å². The molecular weight excluding hydrogens is 417 g/mol. The molecule has 2 heterocycles. The first-order valence-corrected chi connectivity index (χ1v) is 11.8. The molecule has 172 valence electrons. The van der Waals surface area contributed by atoms with E-state index < -0.39 is 52.1 Å².